The summed E-state index contributed by atoms with van der Waals surface area (Å²) in [7, 11) is 0. The Labute approximate surface area is 128 Å². The van der Waals surface area contributed by atoms with Crippen LogP contribution in [0.25, 0.3) is 0 Å². The quantitative estimate of drug-likeness (QED) is 0.616. The second kappa shape index (κ2) is 7.97. The lowest BCUT2D eigenvalue weighted by Gasteiger charge is -2.19. The van der Waals surface area contributed by atoms with Crippen molar-refractivity contribution in [2.24, 2.45) is 0 Å². The Bertz CT molecular complexity index is 480. The number of rotatable bonds is 7. The molecule has 118 valence electrons. The maximum atomic E-state index is 11.5. The highest BCUT2D eigenvalue weighted by atomic mass is 32.1. The van der Waals surface area contributed by atoms with E-state index in [-0.39, 0.29) is 5.97 Å². The molecule has 6 nitrogen and oxygen atoms in total. The van der Waals surface area contributed by atoms with Gasteiger partial charge in [0.1, 0.15) is 5.60 Å². The van der Waals surface area contributed by atoms with Crippen molar-refractivity contribution in [3.63, 3.8) is 0 Å². The molecular formula is C14H22N2O4S. The summed E-state index contributed by atoms with van der Waals surface area (Å²) < 4.78 is 10.1. The van der Waals surface area contributed by atoms with Gasteiger partial charge in [-0.15, -0.1) is 11.3 Å². The van der Waals surface area contributed by atoms with Crippen molar-refractivity contribution < 1.29 is 19.1 Å². The molecule has 0 aliphatic carbocycles. The molecule has 0 saturated carbocycles. The summed E-state index contributed by atoms with van der Waals surface area (Å²) in [5, 5.41) is 5.36. The molecule has 0 bridgehead atoms. The van der Waals surface area contributed by atoms with Gasteiger partial charge in [-0.05, 0) is 34.1 Å². The Hall–Kier alpha value is -1.63. The third kappa shape index (κ3) is 7.08. The van der Waals surface area contributed by atoms with Gasteiger partial charge in [0.15, 0.2) is 10.8 Å². The normalized spacial score (nSPS) is 11.0. The largest absolute Gasteiger partial charge is 0.461 e. The van der Waals surface area contributed by atoms with E-state index in [2.05, 4.69) is 10.3 Å². The number of hydrogen-bond donors (Lipinski definition) is 1. The van der Waals surface area contributed by atoms with Gasteiger partial charge in [0, 0.05) is 18.3 Å². The maximum absolute atomic E-state index is 11.5. The van der Waals surface area contributed by atoms with Crippen LogP contribution in [0.4, 0.5) is 5.13 Å². The van der Waals surface area contributed by atoms with Crippen molar-refractivity contribution in [1.29, 1.82) is 0 Å². The molecule has 0 radical (unpaired) electrons. The third-order valence-corrected chi connectivity index (χ3v) is 3.04. The highest BCUT2D eigenvalue weighted by molar-refractivity contribution is 7.13. The zero-order valence-corrected chi connectivity index (χ0v) is 13.7. The van der Waals surface area contributed by atoms with Gasteiger partial charge in [-0.3, -0.25) is 4.79 Å². The molecule has 0 aliphatic heterocycles. The smallest absolute Gasteiger partial charge is 0.357 e. The summed E-state index contributed by atoms with van der Waals surface area (Å²) >= 11 is 1.33. The van der Waals surface area contributed by atoms with Crippen LogP contribution in [-0.2, 0) is 14.3 Å². The molecule has 0 unspecified atom stereocenters. The number of carbonyl (C=O) groups is 2. The average molecular weight is 314 g/mol. The van der Waals surface area contributed by atoms with E-state index >= 15 is 0 Å². The Balaban J connectivity index is 2.27. The van der Waals surface area contributed by atoms with Crippen LogP contribution in [0.2, 0.25) is 0 Å². The van der Waals surface area contributed by atoms with Crippen LogP contribution in [0.3, 0.4) is 0 Å². The lowest BCUT2D eigenvalue weighted by atomic mass is 10.2. The van der Waals surface area contributed by atoms with E-state index in [4.69, 9.17) is 9.47 Å². The molecule has 0 saturated heterocycles. The van der Waals surface area contributed by atoms with Gasteiger partial charge in [0.25, 0.3) is 0 Å². The predicted octanol–water partition coefficient (Wildman–Crippen LogP) is 2.85. The zero-order valence-electron chi connectivity index (χ0n) is 12.9. The molecule has 1 heterocycles. The molecule has 1 rings (SSSR count). The topological polar surface area (TPSA) is 77.5 Å². The van der Waals surface area contributed by atoms with Crippen LogP contribution in [0.1, 0.15) is 51.0 Å². The number of ether oxygens (including phenoxy) is 2. The molecule has 0 aliphatic rings. The van der Waals surface area contributed by atoms with E-state index in [1.807, 2.05) is 20.8 Å². The molecule has 0 atom stereocenters. The second-order valence-corrected chi connectivity index (χ2v) is 6.23. The predicted molar refractivity (Wildman–Crippen MR) is 81.6 cm³/mol. The lowest BCUT2D eigenvalue weighted by molar-refractivity contribution is -0.154. The molecule has 1 N–H and O–H groups in total. The monoisotopic (exact) mass is 314 g/mol. The van der Waals surface area contributed by atoms with Gasteiger partial charge in [0.2, 0.25) is 0 Å². The van der Waals surface area contributed by atoms with Crippen molar-refractivity contribution in [1.82, 2.24) is 4.98 Å². The fourth-order valence-corrected chi connectivity index (χ4v) is 2.18. The Morgan fingerprint density at radius 2 is 2.10 bits per heavy atom. The van der Waals surface area contributed by atoms with Gasteiger partial charge in [-0.2, -0.15) is 0 Å². The average Bonchev–Trinajstić information content (AvgIpc) is 2.81. The van der Waals surface area contributed by atoms with Crippen molar-refractivity contribution in [3.05, 3.63) is 11.1 Å². The number of carbonyl (C=O) groups excluding carboxylic acids is 2. The number of anilines is 1. The molecule has 0 spiro atoms. The highest BCUT2D eigenvalue weighted by Crippen LogP contribution is 2.16. The van der Waals surface area contributed by atoms with Crippen LogP contribution >= 0.6 is 11.3 Å². The van der Waals surface area contributed by atoms with Gasteiger partial charge < -0.3 is 14.8 Å². The minimum absolute atomic E-state index is 0.212. The number of esters is 2. The van der Waals surface area contributed by atoms with E-state index in [0.29, 0.717) is 36.8 Å². The van der Waals surface area contributed by atoms with E-state index < -0.39 is 11.6 Å². The van der Waals surface area contributed by atoms with Gasteiger partial charge in [-0.1, -0.05) is 0 Å². The van der Waals surface area contributed by atoms with Gasteiger partial charge in [-0.25, -0.2) is 9.78 Å². The standard InChI is InChI=1S/C14H22N2O4S/c1-5-19-12(18)10-9-21-13(16-10)15-8-6-7-11(17)20-14(2,3)4/h9H,5-8H2,1-4H3,(H,15,16). The number of nitrogens with one attached hydrogen (secondary N) is 1. The van der Waals surface area contributed by atoms with Crippen LogP contribution < -0.4 is 5.32 Å². The molecule has 0 fully saturated rings. The molecule has 7 heteroatoms. The van der Waals surface area contributed by atoms with Crippen LogP contribution in [0.15, 0.2) is 5.38 Å². The van der Waals surface area contributed by atoms with Crippen molar-refractivity contribution >= 4 is 28.4 Å². The van der Waals surface area contributed by atoms with Crippen molar-refractivity contribution in [2.45, 2.75) is 46.1 Å². The first kappa shape index (κ1) is 17.4. The molecular weight excluding hydrogens is 292 g/mol. The summed E-state index contributed by atoms with van der Waals surface area (Å²) in [5.74, 6) is -0.633. The number of nitrogens with zero attached hydrogens (tertiary/aromatic N) is 1. The summed E-state index contributed by atoms with van der Waals surface area (Å²) in [5.41, 5.74) is -0.148. The first-order valence-corrected chi connectivity index (χ1v) is 7.78. The third-order valence-electron chi connectivity index (χ3n) is 2.24. The van der Waals surface area contributed by atoms with Crippen molar-refractivity contribution in [2.75, 3.05) is 18.5 Å². The summed E-state index contributed by atoms with van der Waals surface area (Å²) in [6.07, 6.45) is 0.990. The summed E-state index contributed by atoms with van der Waals surface area (Å²) in [6.45, 7) is 8.20. The second-order valence-electron chi connectivity index (χ2n) is 5.38. The Morgan fingerprint density at radius 3 is 2.71 bits per heavy atom. The van der Waals surface area contributed by atoms with E-state index in [1.165, 1.54) is 11.3 Å². The van der Waals surface area contributed by atoms with Gasteiger partial charge in [0.05, 0.1) is 6.61 Å². The zero-order chi connectivity index (χ0) is 15.9. The Kier molecular flexibility index (Phi) is 6.61. The van der Waals surface area contributed by atoms with Gasteiger partial charge >= 0.3 is 11.9 Å². The number of aromatic nitrogens is 1. The minimum Gasteiger partial charge on any atom is -0.461 e. The van der Waals surface area contributed by atoms with E-state index in [0.717, 1.165) is 0 Å². The van der Waals surface area contributed by atoms with E-state index in [9.17, 15) is 9.59 Å². The maximum Gasteiger partial charge on any atom is 0.357 e. The first-order chi connectivity index (χ1) is 9.81. The van der Waals surface area contributed by atoms with E-state index in [1.54, 1.807) is 12.3 Å². The van der Waals surface area contributed by atoms with Crippen LogP contribution in [-0.4, -0.2) is 35.7 Å². The molecule has 21 heavy (non-hydrogen) atoms. The molecule has 0 aromatic carbocycles. The Morgan fingerprint density at radius 1 is 1.38 bits per heavy atom. The number of thiazole rings is 1. The van der Waals surface area contributed by atoms with Crippen molar-refractivity contribution in [3.8, 4) is 0 Å². The fourth-order valence-electron chi connectivity index (χ4n) is 1.47. The molecule has 1 aromatic rings. The summed E-state index contributed by atoms with van der Waals surface area (Å²) in [4.78, 5) is 27.1. The SMILES string of the molecule is CCOC(=O)c1csc(NCCCC(=O)OC(C)(C)C)n1. The molecule has 1 aromatic heterocycles. The summed E-state index contributed by atoms with van der Waals surface area (Å²) in [6, 6.07) is 0. The number of hydrogen-bond acceptors (Lipinski definition) is 7. The lowest BCUT2D eigenvalue weighted by Crippen LogP contribution is -2.24. The minimum atomic E-state index is -0.450. The molecule has 0 amide bonds. The fraction of sp³-hybridized carbons (Fsp3) is 0.643. The highest BCUT2D eigenvalue weighted by Gasteiger charge is 2.15. The first-order valence-electron chi connectivity index (χ1n) is 6.90. The van der Waals surface area contributed by atoms with Crippen LogP contribution in [0.5, 0.6) is 0 Å². The van der Waals surface area contributed by atoms with Crippen LogP contribution in [0, 0.1) is 0 Å².